The molecule has 0 aromatic heterocycles. The Morgan fingerprint density at radius 3 is 2.30 bits per heavy atom. The number of likely N-dealkylation sites (tertiary alicyclic amines) is 1. The summed E-state index contributed by atoms with van der Waals surface area (Å²) in [4.78, 5) is 2.55. The zero-order valence-electron chi connectivity index (χ0n) is 13.7. The van der Waals surface area contributed by atoms with E-state index in [4.69, 9.17) is 5.73 Å². The Kier molecular flexibility index (Phi) is 4.87. The quantitative estimate of drug-likeness (QED) is 0.912. The van der Waals surface area contributed by atoms with Crippen molar-refractivity contribution in [2.75, 3.05) is 19.6 Å². The zero-order chi connectivity index (χ0) is 14.9. The van der Waals surface area contributed by atoms with E-state index in [2.05, 4.69) is 51.7 Å². The highest BCUT2D eigenvalue weighted by molar-refractivity contribution is 5.39. The first kappa shape index (κ1) is 15.5. The molecule has 1 aliphatic rings. The van der Waals surface area contributed by atoms with Gasteiger partial charge in [0.15, 0.2) is 0 Å². The fourth-order valence-electron chi connectivity index (χ4n) is 3.66. The second-order valence-corrected chi connectivity index (χ2v) is 6.92. The van der Waals surface area contributed by atoms with Crippen molar-refractivity contribution in [1.29, 1.82) is 0 Å². The maximum absolute atomic E-state index is 6.52. The van der Waals surface area contributed by atoms with Gasteiger partial charge in [0.1, 0.15) is 0 Å². The molecule has 0 amide bonds. The average molecular weight is 274 g/mol. The molecule has 2 heteroatoms. The van der Waals surface area contributed by atoms with Gasteiger partial charge in [-0.15, -0.1) is 0 Å². The molecule has 112 valence electrons. The first-order valence-corrected chi connectivity index (χ1v) is 7.94. The molecule has 0 spiro atoms. The van der Waals surface area contributed by atoms with Gasteiger partial charge in [-0.25, -0.2) is 0 Å². The van der Waals surface area contributed by atoms with Gasteiger partial charge in [0, 0.05) is 19.1 Å². The zero-order valence-corrected chi connectivity index (χ0v) is 13.7. The minimum absolute atomic E-state index is 0.135. The van der Waals surface area contributed by atoms with Crippen molar-refractivity contribution in [2.45, 2.75) is 47.1 Å². The van der Waals surface area contributed by atoms with Crippen LogP contribution in [0.2, 0.25) is 0 Å². The van der Waals surface area contributed by atoms with Crippen LogP contribution in [0.4, 0.5) is 0 Å². The van der Waals surface area contributed by atoms with Crippen molar-refractivity contribution in [2.24, 2.45) is 17.6 Å². The first-order valence-electron chi connectivity index (χ1n) is 7.94. The monoisotopic (exact) mass is 274 g/mol. The van der Waals surface area contributed by atoms with E-state index >= 15 is 0 Å². The van der Waals surface area contributed by atoms with Gasteiger partial charge in [0.2, 0.25) is 0 Å². The fourth-order valence-corrected chi connectivity index (χ4v) is 3.66. The molecular weight excluding hydrogens is 244 g/mol. The second-order valence-electron chi connectivity index (χ2n) is 6.92. The lowest BCUT2D eigenvalue weighted by molar-refractivity contribution is 0.132. The third-order valence-corrected chi connectivity index (χ3v) is 4.98. The number of hydrogen-bond acceptors (Lipinski definition) is 2. The normalized spacial score (nSPS) is 25.7. The van der Waals surface area contributed by atoms with Crippen LogP contribution in [0.25, 0.3) is 0 Å². The summed E-state index contributed by atoms with van der Waals surface area (Å²) in [5.74, 6) is 1.64. The predicted molar refractivity (Wildman–Crippen MR) is 87.0 cm³/mol. The summed E-state index contributed by atoms with van der Waals surface area (Å²) in [6.45, 7) is 14.7. The number of rotatable bonds is 3. The van der Waals surface area contributed by atoms with Gasteiger partial charge in [-0.05, 0) is 62.3 Å². The first-order chi connectivity index (χ1) is 9.38. The number of aryl methyl sites for hydroxylation is 3. The van der Waals surface area contributed by atoms with Crippen molar-refractivity contribution in [3.05, 3.63) is 34.4 Å². The van der Waals surface area contributed by atoms with E-state index in [0.29, 0.717) is 0 Å². The van der Waals surface area contributed by atoms with Crippen LogP contribution < -0.4 is 5.73 Å². The SMILES string of the molecule is Cc1cc(C)c(C(N)CN2CCC(C)C(C)C2)c(C)c1. The van der Waals surface area contributed by atoms with Crippen LogP contribution in [0.3, 0.4) is 0 Å². The molecule has 0 radical (unpaired) electrons. The number of piperidine rings is 1. The Morgan fingerprint density at radius 2 is 1.75 bits per heavy atom. The molecule has 3 unspecified atom stereocenters. The summed E-state index contributed by atoms with van der Waals surface area (Å²) in [5, 5.41) is 0. The van der Waals surface area contributed by atoms with Gasteiger partial charge in [0.25, 0.3) is 0 Å². The Balaban J connectivity index is 2.07. The largest absolute Gasteiger partial charge is 0.323 e. The van der Waals surface area contributed by atoms with Crippen LogP contribution in [0.1, 0.15) is 48.6 Å². The van der Waals surface area contributed by atoms with Crippen LogP contribution in [-0.4, -0.2) is 24.5 Å². The highest BCUT2D eigenvalue weighted by Gasteiger charge is 2.24. The molecule has 2 N–H and O–H groups in total. The van der Waals surface area contributed by atoms with Crippen LogP contribution in [-0.2, 0) is 0 Å². The molecule has 0 aliphatic carbocycles. The summed E-state index contributed by atoms with van der Waals surface area (Å²) in [5.41, 5.74) is 11.9. The summed E-state index contributed by atoms with van der Waals surface area (Å²) in [6.07, 6.45) is 1.31. The van der Waals surface area contributed by atoms with Crippen LogP contribution in [0, 0.1) is 32.6 Å². The Bertz CT molecular complexity index is 443. The molecule has 1 aromatic rings. The van der Waals surface area contributed by atoms with Gasteiger partial charge in [-0.2, -0.15) is 0 Å². The summed E-state index contributed by atoms with van der Waals surface area (Å²) in [7, 11) is 0. The molecule has 1 aliphatic heterocycles. The lowest BCUT2D eigenvalue weighted by atomic mass is 9.88. The third-order valence-electron chi connectivity index (χ3n) is 4.98. The van der Waals surface area contributed by atoms with E-state index in [1.165, 1.54) is 41.8 Å². The van der Waals surface area contributed by atoms with E-state index in [1.807, 2.05) is 0 Å². The number of hydrogen-bond donors (Lipinski definition) is 1. The molecule has 1 aromatic carbocycles. The van der Waals surface area contributed by atoms with Crippen molar-refractivity contribution < 1.29 is 0 Å². The standard InChI is InChI=1S/C18H30N2/c1-12-8-14(3)18(15(4)9-12)17(19)11-20-7-6-13(2)16(5)10-20/h8-9,13,16-17H,6-7,10-11,19H2,1-5H3. The smallest absolute Gasteiger partial charge is 0.0429 e. The van der Waals surface area contributed by atoms with E-state index < -0.39 is 0 Å². The number of benzene rings is 1. The number of nitrogens with zero attached hydrogens (tertiary/aromatic N) is 1. The highest BCUT2D eigenvalue weighted by Crippen LogP contribution is 2.26. The predicted octanol–water partition coefficient (Wildman–Crippen LogP) is 3.59. The van der Waals surface area contributed by atoms with E-state index in [1.54, 1.807) is 0 Å². The Hall–Kier alpha value is -0.860. The maximum Gasteiger partial charge on any atom is 0.0429 e. The second kappa shape index (κ2) is 6.28. The summed E-state index contributed by atoms with van der Waals surface area (Å²) >= 11 is 0. The van der Waals surface area contributed by atoms with Gasteiger partial charge >= 0.3 is 0 Å². The van der Waals surface area contributed by atoms with Crippen LogP contribution >= 0.6 is 0 Å². The van der Waals surface area contributed by atoms with Crippen molar-refractivity contribution in [3.63, 3.8) is 0 Å². The maximum atomic E-state index is 6.52. The molecule has 1 saturated heterocycles. The molecule has 20 heavy (non-hydrogen) atoms. The van der Waals surface area contributed by atoms with Gasteiger partial charge in [-0.1, -0.05) is 31.5 Å². The molecule has 1 fully saturated rings. The Labute approximate surface area is 124 Å². The Morgan fingerprint density at radius 1 is 1.15 bits per heavy atom. The summed E-state index contributed by atoms with van der Waals surface area (Å²) in [6, 6.07) is 4.64. The van der Waals surface area contributed by atoms with Crippen LogP contribution in [0.15, 0.2) is 12.1 Å². The van der Waals surface area contributed by atoms with Gasteiger partial charge < -0.3 is 10.6 Å². The fraction of sp³-hybridized carbons (Fsp3) is 0.667. The molecule has 2 rings (SSSR count). The lowest BCUT2D eigenvalue weighted by Crippen LogP contribution is -2.42. The van der Waals surface area contributed by atoms with Crippen molar-refractivity contribution >= 4 is 0 Å². The minimum atomic E-state index is 0.135. The van der Waals surface area contributed by atoms with E-state index in [9.17, 15) is 0 Å². The van der Waals surface area contributed by atoms with E-state index in [0.717, 1.165) is 18.4 Å². The molecular formula is C18H30N2. The summed E-state index contributed by atoms with van der Waals surface area (Å²) < 4.78 is 0. The molecule has 0 saturated carbocycles. The van der Waals surface area contributed by atoms with Crippen molar-refractivity contribution in [3.8, 4) is 0 Å². The van der Waals surface area contributed by atoms with E-state index in [-0.39, 0.29) is 6.04 Å². The number of nitrogens with two attached hydrogens (primary N) is 1. The third kappa shape index (κ3) is 3.42. The lowest BCUT2D eigenvalue weighted by Gasteiger charge is -2.37. The minimum Gasteiger partial charge on any atom is -0.323 e. The molecule has 0 bridgehead atoms. The van der Waals surface area contributed by atoms with Gasteiger partial charge in [-0.3, -0.25) is 0 Å². The molecule has 2 nitrogen and oxygen atoms in total. The average Bonchev–Trinajstić information content (AvgIpc) is 2.32. The molecule has 1 heterocycles. The topological polar surface area (TPSA) is 29.3 Å². The van der Waals surface area contributed by atoms with Crippen LogP contribution in [0.5, 0.6) is 0 Å². The van der Waals surface area contributed by atoms with Gasteiger partial charge in [0.05, 0.1) is 0 Å². The molecule has 3 atom stereocenters. The van der Waals surface area contributed by atoms with Crippen molar-refractivity contribution in [1.82, 2.24) is 4.90 Å². The highest BCUT2D eigenvalue weighted by atomic mass is 15.1.